The van der Waals surface area contributed by atoms with E-state index in [2.05, 4.69) is 17.4 Å². The molecule has 1 aromatic carbocycles. The number of ether oxygens (including phenoxy) is 1. The summed E-state index contributed by atoms with van der Waals surface area (Å²) in [6.45, 7) is 2.29. The van der Waals surface area contributed by atoms with Crippen molar-refractivity contribution in [1.29, 1.82) is 0 Å². The van der Waals surface area contributed by atoms with Crippen molar-refractivity contribution in [2.45, 2.75) is 25.7 Å². The fraction of sp³-hybridized carbons (Fsp3) is 0.462. The Morgan fingerprint density at radius 2 is 2.38 bits per heavy atom. The predicted molar refractivity (Wildman–Crippen MR) is 62.7 cm³/mol. The predicted octanol–water partition coefficient (Wildman–Crippen LogP) is 1.86. The van der Waals surface area contributed by atoms with Crippen molar-refractivity contribution in [2.75, 3.05) is 13.7 Å². The molecule has 0 spiro atoms. The molecule has 1 N–H and O–H groups in total. The summed E-state index contributed by atoms with van der Waals surface area (Å²) >= 11 is 0. The summed E-state index contributed by atoms with van der Waals surface area (Å²) in [5, 5.41) is 2.89. The van der Waals surface area contributed by atoms with Gasteiger partial charge in [0.05, 0.1) is 7.11 Å². The van der Waals surface area contributed by atoms with Crippen molar-refractivity contribution < 1.29 is 9.53 Å². The van der Waals surface area contributed by atoms with Gasteiger partial charge in [-0.3, -0.25) is 4.79 Å². The van der Waals surface area contributed by atoms with E-state index in [1.165, 1.54) is 11.1 Å². The average molecular weight is 219 g/mol. The molecule has 0 heterocycles. The van der Waals surface area contributed by atoms with E-state index in [0.29, 0.717) is 5.92 Å². The van der Waals surface area contributed by atoms with E-state index in [9.17, 15) is 4.79 Å². The number of amides is 1. The largest absolute Gasteiger partial charge is 0.497 e. The second-order valence-corrected chi connectivity index (χ2v) is 4.24. The molecule has 2 rings (SSSR count). The van der Waals surface area contributed by atoms with Gasteiger partial charge in [-0.2, -0.15) is 0 Å². The number of hydrogen-bond donors (Lipinski definition) is 1. The molecular weight excluding hydrogens is 202 g/mol. The highest BCUT2D eigenvalue weighted by Crippen LogP contribution is 2.34. The lowest BCUT2D eigenvalue weighted by molar-refractivity contribution is -0.119. The van der Waals surface area contributed by atoms with E-state index in [-0.39, 0.29) is 5.91 Å². The lowest BCUT2D eigenvalue weighted by Gasteiger charge is -2.12. The second-order valence-electron chi connectivity index (χ2n) is 4.24. The summed E-state index contributed by atoms with van der Waals surface area (Å²) < 4.78 is 5.23. The number of rotatable bonds is 3. The zero-order chi connectivity index (χ0) is 11.5. The first-order valence-corrected chi connectivity index (χ1v) is 5.62. The highest BCUT2D eigenvalue weighted by Gasteiger charge is 2.22. The fourth-order valence-electron chi connectivity index (χ4n) is 2.27. The molecule has 0 fully saturated rings. The number of methoxy groups -OCH3 is 1. The van der Waals surface area contributed by atoms with Gasteiger partial charge in [0.1, 0.15) is 5.75 Å². The maximum absolute atomic E-state index is 10.9. The molecule has 16 heavy (non-hydrogen) atoms. The third-order valence-electron chi connectivity index (χ3n) is 3.15. The Balaban J connectivity index is 2.14. The first-order valence-electron chi connectivity index (χ1n) is 5.62. The molecule has 0 bridgehead atoms. The number of hydrogen-bond acceptors (Lipinski definition) is 2. The standard InChI is InChI=1S/C13H17NO2/c1-9(15)14-8-11-4-3-10-5-6-12(16-2)7-13(10)11/h5-7,11H,3-4,8H2,1-2H3,(H,14,15)/t11-/m1/s1. The third kappa shape index (κ3) is 2.18. The van der Waals surface area contributed by atoms with Crippen LogP contribution >= 0.6 is 0 Å². The third-order valence-corrected chi connectivity index (χ3v) is 3.15. The number of carbonyl (C=O) groups excluding carboxylic acids is 1. The highest BCUT2D eigenvalue weighted by atomic mass is 16.5. The minimum Gasteiger partial charge on any atom is -0.497 e. The van der Waals surface area contributed by atoms with Crippen LogP contribution in [0.1, 0.15) is 30.4 Å². The van der Waals surface area contributed by atoms with Crippen LogP contribution in [0, 0.1) is 0 Å². The van der Waals surface area contributed by atoms with Crippen molar-refractivity contribution in [3.63, 3.8) is 0 Å². The van der Waals surface area contributed by atoms with Crippen molar-refractivity contribution in [1.82, 2.24) is 5.32 Å². The number of nitrogens with one attached hydrogen (secondary N) is 1. The van der Waals surface area contributed by atoms with Crippen LogP contribution in [-0.4, -0.2) is 19.6 Å². The molecule has 0 aliphatic heterocycles. The van der Waals surface area contributed by atoms with Crippen LogP contribution in [0.4, 0.5) is 0 Å². The van der Waals surface area contributed by atoms with Crippen molar-refractivity contribution in [3.8, 4) is 5.75 Å². The molecular formula is C13H17NO2. The van der Waals surface area contributed by atoms with Gasteiger partial charge in [0.15, 0.2) is 0 Å². The van der Waals surface area contributed by atoms with Crippen molar-refractivity contribution in [2.24, 2.45) is 0 Å². The van der Waals surface area contributed by atoms with Gasteiger partial charge >= 0.3 is 0 Å². The Kier molecular flexibility index (Phi) is 3.13. The van der Waals surface area contributed by atoms with E-state index in [4.69, 9.17) is 4.74 Å². The maximum Gasteiger partial charge on any atom is 0.216 e. The summed E-state index contributed by atoms with van der Waals surface area (Å²) in [5.41, 5.74) is 2.71. The van der Waals surface area contributed by atoms with Gasteiger partial charge in [-0.25, -0.2) is 0 Å². The quantitative estimate of drug-likeness (QED) is 0.842. The number of benzene rings is 1. The highest BCUT2D eigenvalue weighted by molar-refractivity contribution is 5.72. The SMILES string of the molecule is COc1ccc2c(c1)[C@@H](CNC(C)=O)CC2. The molecule has 0 saturated heterocycles. The molecule has 0 unspecified atom stereocenters. The summed E-state index contributed by atoms with van der Waals surface area (Å²) in [7, 11) is 1.68. The van der Waals surface area contributed by atoms with Crippen LogP contribution < -0.4 is 10.1 Å². The molecule has 3 nitrogen and oxygen atoms in total. The van der Waals surface area contributed by atoms with E-state index in [1.807, 2.05) is 6.07 Å². The van der Waals surface area contributed by atoms with Crippen molar-refractivity contribution >= 4 is 5.91 Å². The van der Waals surface area contributed by atoms with Crippen molar-refractivity contribution in [3.05, 3.63) is 29.3 Å². The van der Waals surface area contributed by atoms with Crippen LogP contribution in [0.2, 0.25) is 0 Å². The average Bonchev–Trinajstić information content (AvgIpc) is 2.68. The van der Waals surface area contributed by atoms with Crippen LogP contribution in [0.15, 0.2) is 18.2 Å². The van der Waals surface area contributed by atoms with Gasteiger partial charge in [-0.05, 0) is 36.1 Å². The molecule has 0 radical (unpaired) electrons. The molecule has 0 saturated carbocycles. The molecule has 86 valence electrons. The Morgan fingerprint density at radius 1 is 1.56 bits per heavy atom. The lowest BCUT2D eigenvalue weighted by atomic mass is 10.0. The summed E-state index contributed by atoms with van der Waals surface area (Å²) in [6, 6.07) is 6.22. The zero-order valence-electron chi connectivity index (χ0n) is 9.75. The maximum atomic E-state index is 10.9. The smallest absolute Gasteiger partial charge is 0.216 e. The van der Waals surface area contributed by atoms with Gasteiger partial charge in [0.25, 0.3) is 0 Å². The van der Waals surface area contributed by atoms with Gasteiger partial charge in [-0.1, -0.05) is 6.07 Å². The van der Waals surface area contributed by atoms with Crippen LogP contribution in [0.3, 0.4) is 0 Å². The molecule has 1 aromatic rings. The summed E-state index contributed by atoms with van der Waals surface area (Å²) in [4.78, 5) is 10.9. The zero-order valence-corrected chi connectivity index (χ0v) is 9.75. The first-order chi connectivity index (χ1) is 7.70. The van der Waals surface area contributed by atoms with E-state index in [0.717, 1.165) is 25.1 Å². The Bertz CT molecular complexity index is 401. The van der Waals surface area contributed by atoms with E-state index >= 15 is 0 Å². The summed E-state index contributed by atoms with van der Waals surface area (Å²) in [5.74, 6) is 1.37. The number of carbonyl (C=O) groups is 1. The second kappa shape index (κ2) is 4.56. The Morgan fingerprint density at radius 3 is 3.06 bits per heavy atom. The van der Waals surface area contributed by atoms with Crippen LogP contribution in [-0.2, 0) is 11.2 Å². The van der Waals surface area contributed by atoms with Crippen LogP contribution in [0.5, 0.6) is 5.75 Å². The Hall–Kier alpha value is -1.51. The number of aryl methyl sites for hydroxylation is 1. The van der Waals surface area contributed by atoms with Gasteiger partial charge in [-0.15, -0.1) is 0 Å². The van der Waals surface area contributed by atoms with Crippen LogP contribution in [0.25, 0.3) is 0 Å². The molecule has 3 heteroatoms. The van der Waals surface area contributed by atoms with E-state index in [1.54, 1.807) is 14.0 Å². The Labute approximate surface area is 95.8 Å². The van der Waals surface area contributed by atoms with Gasteiger partial charge in [0.2, 0.25) is 5.91 Å². The summed E-state index contributed by atoms with van der Waals surface area (Å²) in [6.07, 6.45) is 2.21. The minimum absolute atomic E-state index is 0.0383. The molecule has 1 amide bonds. The topological polar surface area (TPSA) is 38.3 Å². The molecule has 0 aromatic heterocycles. The normalized spacial score (nSPS) is 18.0. The fourth-order valence-corrected chi connectivity index (χ4v) is 2.27. The van der Waals surface area contributed by atoms with Gasteiger partial charge < -0.3 is 10.1 Å². The molecule has 1 aliphatic rings. The van der Waals surface area contributed by atoms with E-state index < -0.39 is 0 Å². The monoisotopic (exact) mass is 219 g/mol. The molecule has 1 atom stereocenters. The van der Waals surface area contributed by atoms with Gasteiger partial charge in [0, 0.05) is 19.4 Å². The molecule has 1 aliphatic carbocycles. The lowest BCUT2D eigenvalue weighted by Crippen LogP contribution is -2.24. The minimum atomic E-state index is 0.0383. The first kappa shape index (κ1) is 11.0. The number of fused-ring (bicyclic) bond motifs is 1.